The van der Waals surface area contributed by atoms with Crippen LogP contribution in [-0.4, -0.2) is 63.9 Å². The van der Waals surface area contributed by atoms with E-state index in [1.807, 2.05) is 38.1 Å². The van der Waals surface area contributed by atoms with Crippen LogP contribution in [0.1, 0.15) is 20.8 Å². The van der Waals surface area contributed by atoms with E-state index in [0.29, 0.717) is 18.1 Å². The van der Waals surface area contributed by atoms with Crippen LogP contribution in [0, 0.1) is 0 Å². The van der Waals surface area contributed by atoms with Crippen LogP contribution in [0.2, 0.25) is 0 Å². The smallest absolute Gasteiger partial charge is 0.317 e. The summed E-state index contributed by atoms with van der Waals surface area (Å²) in [6.07, 6.45) is 0.759. The highest BCUT2D eigenvalue weighted by atomic mass is 32.2. The molecule has 3 unspecified atom stereocenters. The molecule has 0 aliphatic carbocycles. The Kier molecular flexibility index (Phi) is 6.28. The van der Waals surface area contributed by atoms with E-state index in [1.165, 1.54) is 11.8 Å². The molecule has 2 heterocycles. The van der Waals surface area contributed by atoms with E-state index in [4.69, 9.17) is 9.47 Å². The summed E-state index contributed by atoms with van der Waals surface area (Å²) < 4.78 is 10.9. The van der Waals surface area contributed by atoms with Gasteiger partial charge in [-0.05, 0) is 32.9 Å². The van der Waals surface area contributed by atoms with E-state index < -0.39 is 12.1 Å². The van der Waals surface area contributed by atoms with E-state index >= 15 is 0 Å². The van der Waals surface area contributed by atoms with Crippen molar-refractivity contribution in [2.24, 2.45) is 0 Å². The molecule has 3 rings (SSSR count). The zero-order chi connectivity index (χ0) is 19.4. The SMILES string of the molecule is CC1CN(C(=O)C(C)OC(=O)CSc2cnc3ccccc3n2)CC(C)O1. The molecule has 27 heavy (non-hydrogen) atoms. The minimum Gasteiger partial charge on any atom is -0.452 e. The monoisotopic (exact) mass is 389 g/mol. The van der Waals surface area contributed by atoms with Gasteiger partial charge < -0.3 is 14.4 Å². The number of rotatable bonds is 5. The molecule has 0 N–H and O–H groups in total. The van der Waals surface area contributed by atoms with Gasteiger partial charge in [0.1, 0.15) is 5.03 Å². The summed E-state index contributed by atoms with van der Waals surface area (Å²) >= 11 is 1.24. The summed E-state index contributed by atoms with van der Waals surface area (Å²) in [5, 5.41) is 0.639. The molecule has 0 saturated carbocycles. The van der Waals surface area contributed by atoms with Crippen molar-refractivity contribution in [2.45, 2.75) is 44.1 Å². The Morgan fingerprint density at radius 3 is 2.63 bits per heavy atom. The first-order valence-electron chi connectivity index (χ1n) is 8.90. The van der Waals surface area contributed by atoms with Crippen LogP contribution in [0.15, 0.2) is 35.5 Å². The number of fused-ring (bicyclic) bond motifs is 1. The van der Waals surface area contributed by atoms with Crippen molar-refractivity contribution in [3.63, 3.8) is 0 Å². The molecule has 8 heteroatoms. The highest BCUT2D eigenvalue weighted by molar-refractivity contribution is 7.99. The second-order valence-electron chi connectivity index (χ2n) is 6.62. The highest BCUT2D eigenvalue weighted by Gasteiger charge is 2.30. The van der Waals surface area contributed by atoms with Gasteiger partial charge in [-0.1, -0.05) is 23.9 Å². The summed E-state index contributed by atoms with van der Waals surface area (Å²) in [6, 6.07) is 7.54. The molecule has 1 saturated heterocycles. The van der Waals surface area contributed by atoms with Crippen molar-refractivity contribution in [2.75, 3.05) is 18.8 Å². The first kappa shape index (κ1) is 19.6. The molecule has 144 valence electrons. The van der Waals surface area contributed by atoms with Gasteiger partial charge in [-0.25, -0.2) is 4.98 Å². The molecule has 1 aromatic heterocycles. The Bertz CT molecular complexity index is 821. The average molecular weight is 389 g/mol. The molecule has 0 spiro atoms. The van der Waals surface area contributed by atoms with Gasteiger partial charge in [0.2, 0.25) is 0 Å². The van der Waals surface area contributed by atoms with E-state index in [1.54, 1.807) is 18.0 Å². The second kappa shape index (κ2) is 8.67. The number of hydrogen-bond acceptors (Lipinski definition) is 7. The van der Waals surface area contributed by atoms with Crippen molar-refractivity contribution in [1.29, 1.82) is 0 Å². The number of ether oxygens (including phenoxy) is 2. The standard InChI is InChI=1S/C19H23N3O4S/c1-12-9-22(10-13(2)25-12)19(24)14(3)26-18(23)11-27-17-8-20-15-6-4-5-7-16(15)21-17/h4-8,12-14H,9-11H2,1-3H3. The van der Waals surface area contributed by atoms with Gasteiger partial charge in [-0.3, -0.25) is 14.6 Å². The lowest BCUT2D eigenvalue weighted by molar-refractivity contribution is -0.162. The number of morpholine rings is 1. The first-order valence-corrected chi connectivity index (χ1v) is 9.89. The lowest BCUT2D eigenvalue weighted by Crippen LogP contribution is -2.51. The van der Waals surface area contributed by atoms with Gasteiger partial charge in [0, 0.05) is 13.1 Å². The van der Waals surface area contributed by atoms with E-state index in [-0.39, 0.29) is 23.9 Å². The summed E-state index contributed by atoms with van der Waals surface area (Å²) in [6.45, 7) is 6.46. The van der Waals surface area contributed by atoms with Crippen LogP contribution >= 0.6 is 11.8 Å². The first-order chi connectivity index (χ1) is 12.9. The maximum atomic E-state index is 12.5. The molecule has 2 aromatic rings. The van der Waals surface area contributed by atoms with Gasteiger partial charge in [0.05, 0.1) is 35.2 Å². The molecule has 1 aliphatic heterocycles. The third-order valence-corrected chi connectivity index (χ3v) is 5.02. The maximum Gasteiger partial charge on any atom is 0.317 e. The minimum absolute atomic E-state index is 0.0253. The largest absolute Gasteiger partial charge is 0.452 e. The number of nitrogens with zero attached hydrogens (tertiary/aromatic N) is 3. The van der Waals surface area contributed by atoms with Gasteiger partial charge in [0.15, 0.2) is 6.10 Å². The summed E-state index contributed by atoms with van der Waals surface area (Å²) in [4.78, 5) is 35.1. The predicted octanol–water partition coefficient (Wildman–Crippen LogP) is 2.29. The van der Waals surface area contributed by atoms with Crippen LogP contribution in [-0.2, 0) is 19.1 Å². The van der Waals surface area contributed by atoms with Crippen molar-refractivity contribution < 1.29 is 19.1 Å². The van der Waals surface area contributed by atoms with Crippen LogP contribution in [0.25, 0.3) is 11.0 Å². The van der Waals surface area contributed by atoms with Crippen LogP contribution in [0.3, 0.4) is 0 Å². The molecule has 1 aromatic carbocycles. The number of thioether (sulfide) groups is 1. The van der Waals surface area contributed by atoms with Gasteiger partial charge in [-0.2, -0.15) is 0 Å². The lowest BCUT2D eigenvalue weighted by Gasteiger charge is -2.36. The molecule has 0 bridgehead atoms. The Morgan fingerprint density at radius 2 is 1.93 bits per heavy atom. The number of benzene rings is 1. The number of esters is 1. The fraction of sp³-hybridized carbons (Fsp3) is 0.474. The number of amides is 1. The van der Waals surface area contributed by atoms with Crippen molar-refractivity contribution in [3.05, 3.63) is 30.5 Å². The Morgan fingerprint density at radius 1 is 1.26 bits per heavy atom. The molecule has 7 nitrogen and oxygen atoms in total. The fourth-order valence-electron chi connectivity index (χ4n) is 3.04. The van der Waals surface area contributed by atoms with Crippen molar-refractivity contribution >= 4 is 34.7 Å². The van der Waals surface area contributed by atoms with E-state index in [2.05, 4.69) is 9.97 Å². The highest BCUT2D eigenvalue weighted by Crippen LogP contribution is 2.18. The van der Waals surface area contributed by atoms with Gasteiger partial charge >= 0.3 is 5.97 Å². The molecule has 0 radical (unpaired) electrons. The van der Waals surface area contributed by atoms with Crippen LogP contribution in [0.4, 0.5) is 0 Å². The number of carbonyl (C=O) groups is 2. The average Bonchev–Trinajstić information content (AvgIpc) is 2.64. The topological polar surface area (TPSA) is 81.6 Å². The number of aromatic nitrogens is 2. The minimum atomic E-state index is -0.821. The molecule has 3 atom stereocenters. The van der Waals surface area contributed by atoms with E-state index in [0.717, 1.165) is 11.0 Å². The Labute approximate surface area is 162 Å². The van der Waals surface area contributed by atoms with Gasteiger partial charge in [0.25, 0.3) is 5.91 Å². The van der Waals surface area contributed by atoms with Crippen LogP contribution < -0.4 is 0 Å². The number of para-hydroxylation sites is 2. The van der Waals surface area contributed by atoms with E-state index in [9.17, 15) is 9.59 Å². The van der Waals surface area contributed by atoms with Crippen molar-refractivity contribution in [3.8, 4) is 0 Å². The summed E-state index contributed by atoms with van der Waals surface area (Å²) in [5.74, 6) is -0.577. The number of carbonyl (C=O) groups excluding carboxylic acids is 2. The third-order valence-electron chi connectivity index (χ3n) is 4.15. The summed E-state index contributed by atoms with van der Waals surface area (Å²) in [7, 11) is 0. The molecule has 1 fully saturated rings. The molecular weight excluding hydrogens is 366 g/mol. The maximum absolute atomic E-state index is 12.5. The lowest BCUT2D eigenvalue weighted by atomic mass is 10.2. The summed E-state index contributed by atoms with van der Waals surface area (Å²) in [5.41, 5.74) is 1.58. The Hall–Kier alpha value is -2.19. The Balaban J connectivity index is 1.51. The predicted molar refractivity (Wildman–Crippen MR) is 102 cm³/mol. The van der Waals surface area contributed by atoms with Gasteiger partial charge in [-0.15, -0.1) is 0 Å². The fourth-order valence-corrected chi connectivity index (χ4v) is 3.66. The molecule has 1 amide bonds. The van der Waals surface area contributed by atoms with Crippen molar-refractivity contribution in [1.82, 2.24) is 14.9 Å². The molecular formula is C19H23N3O4S. The zero-order valence-corrected chi connectivity index (χ0v) is 16.4. The molecule has 1 aliphatic rings. The third kappa shape index (κ3) is 5.17. The quantitative estimate of drug-likeness (QED) is 0.573. The second-order valence-corrected chi connectivity index (χ2v) is 7.61. The number of hydrogen-bond donors (Lipinski definition) is 0. The van der Waals surface area contributed by atoms with Crippen LogP contribution in [0.5, 0.6) is 0 Å². The normalized spacial score (nSPS) is 21.1. The zero-order valence-electron chi connectivity index (χ0n) is 15.6.